The van der Waals surface area contributed by atoms with Crippen LogP contribution < -0.4 is 0 Å². The molecule has 0 radical (unpaired) electrons. The van der Waals surface area contributed by atoms with Gasteiger partial charge < -0.3 is 4.74 Å². The van der Waals surface area contributed by atoms with Crippen LogP contribution in [0.1, 0.15) is 24.0 Å². The van der Waals surface area contributed by atoms with Gasteiger partial charge in [-0.3, -0.25) is 14.9 Å². The number of fused-ring (bicyclic) bond motifs is 1. The van der Waals surface area contributed by atoms with Crippen LogP contribution in [-0.2, 0) is 16.1 Å². The van der Waals surface area contributed by atoms with Crippen molar-refractivity contribution >= 4 is 22.4 Å². The summed E-state index contributed by atoms with van der Waals surface area (Å²) in [6, 6.07) is 19.8. The second-order valence-corrected chi connectivity index (χ2v) is 5.82. The molecule has 3 aromatic carbocycles. The van der Waals surface area contributed by atoms with E-state index >= 15 is 0 Å². The first-order chi connectivity index (χ1) is 12.1. The summed E-state index contributed by atoms with van der Waals surface area (Å²) >= 11 is 0. The maximum atomic E-state index is 12.4. The Morgan fingerprint density at radius 1 is 1.04 bits per heavy atom. The highest BCUT2D eigenvalue weighted by Gasteiger charge is 2.19. The van der Waals surface area contributed by atoms with Gasteiger partial charge in [-0.05, 0) is 41.0 Å². The normalized spacial score (nSPS) is 11.9. The van der Waals surface area contributed by atoms with Gasteiger partial charge in [-0.15, -0.1) is 0 Å². The first kappa shape index (κ1) is 16.6. The number of non-ortho nitro benzene ring substituents is 1. The van der Waals surface area contributed by atoms with E-state index in [-0.39, 0.29) is 18.3 Å². The van der Waals surface area contributed by atoms with Gasteiger partial charge in [0, 0.05) is 12.1 Å². The van der Waals surface area contributed by atoms with Crippen molar-refractivity contribution in [3.05, 3.63) is 88.0 Å². The first-order valence-electron chi connectivity index (χ1n) is 7.94. The van der Waals surface area contributed by atoms with Crippen molar-refractivity contribution < 1.29 is 14.5 Å². The van der Waals surface area contributed by atoms with E-state index in [0.717, 1.165) is 16.3 Å². The maximum Gasteiger partial charge on any atom is 0.313 e. The molecule has 3 aromatic rings. The highest BCUT2D eigenvalue weighted by molar-refractivity contribution is 5.91. The summed E-state index contributed by atoms with van der Waals surface area (Å²) in [6.45, 7) is 1.91. The zero-order chi connectivity index (χ0) is 17.8. The average Bonchev–Trinajstić information content (AvgIpc) is 2.65. The number of hydrogen-bond acceptors (Lipinski definition) is 4. The number of rotatable bonds is 5. The summed E-state index contributed by atoms with van der Waals surface area (Å²) in [5, 5.41) is 12.8. The smallest absolute Gasteiger partial charge is 0.313 e. The van der Waals surface area contributed by atoms with Gasteiger partial charge in [0.25, 0.3) is 5.69 Å². The Kier molecular flexibility index (Phi) is 4.75. The van der Waals surface area contributed by atoms with Gasteiger partial charge in [-0.25, -0.2) is 0 Å². The van der Waals surface area contributed by atoms with Gasteiger partial charge in [0.05, 0.1) is 10.8 Å². The lowest BCUT2D eigenvalue weighted by Gasteiger charge is -2.14. The summed E-state index contributed by atoms with van der Waals surface area (Å²) in [4.78, 5) is 22.6. The van der Waals surface area contributed by atoms with Crippen LogP contribution in [0.15, 0.2) is 66.7 Å². The van der Waals surface area contributed by atoms with Gasteiger partial charge >= 0.3 is 5.97 Å². The SMILES string of the molecule is C[C@H](C(=O)OCc1ccc([N+](=O)[O-])cc1)c1cccc2ccccc12. The predicted octanol–water partition coefficient (Wildman–Crippen LogP) is 4.59. The van der Waals surface area contributed by atoms with Crippen molar-refractivity contribution in [3.8, 4) is 0 Å². The molecular formula is C20H17NO4. The fourth-order valence-corrected chi connectivity index (χ4v) is 2.75. The monoisotopic (exact) mass is 335 g/mol. The summed E-state index contributed by atoms with van der Waals surface area (Å²) in [7, 11) is 0. The van der Waals surface area contributed by atoms with Crippen LogP contribution in [0.3, 0.4) is 0 Å². The molecule has 0 N–H and O–H groups in total. The molecule has 0 spiro atoms. The van der Waals surface area contributed by atoms with E-state index in [0.29, 0.717) is 5.56 Å². The molecule has 0 aliphatic heterocycles. The first-order valence-corrected chi connectivity index (χ1v) is 7.94. The van der Waals surface area contributed by atoms with Crippen molar-refractivity contribution in [1.29, 1.82) is 0 Å². The molecule has 1 atom stereocenters. The van der Waals surface area contributed by atoms with Crippen molar-refractivity contribution in [3.63, 3.8) is 0 Å². The second-order valence-electron chi connectivity index (χ2n) is 5.82. The van der Waals surface area contributed by atoms with Gasteiger partial charge in [0.2, 0.25) is 0 Å². The minimum Gasteiger partial charge on any atom is -0.460 e. The van der Waals surface area contributed by atoms with Gasteiger partial charge in [0.15, 0.2) is 0 Å². The Hall–Kier alpha value is -3.21. The lowest BCUT2D eigenvalue weighted by Crippen LogP contribution is -2.13. The highest BCUT2D eigenvalue weighted by Crippen LogP contribution is 2.26. The fourth-order valence-electron chi connectivity index (χ4n) is 2.75. The van der Waals surface area contributed by atoms with E-state index in [4.69, 9.17) is 4.74 Å². The zero-order valence-corrected chi connectivity index (χ0v) is 13.7. The van der Waals surface area contributed by atoms with E-state index in [2.05, 4.69) is 0 Å². The van der Waals surface area contributed by atoms with Crippen molar-refractivity contribution in [2.24, 2.45) is 0 Å². The number of hydrogen-bond donors (Lipinski definition) is 0. The van der Waals surface area contributed by atoms with Crippen molar-refractivity contribution in [2.75, 3.05) is 0 Å². The fraction of sp³-hybridized carbons (Fsp3) is 0.150. The van der Waals surface area contributed by atoms with Crippen molar-refractivity contribution in [1.82, 2.24) is 0 Å². The Bertz CT molecular complexity index is 913. The third kappa shape index (κ3) is 3.66. The number of carbonyl (C=O) groups is 1. The van der Waals surface area contributed by atoms with Crippen LogP contribution in [0.2, 0.25) is 0 Å². The molecule has 0 fully saturated rings. The lowest BCUT2D eigenvalue weighted by molar-refractivity contribution is -0.384. The molecule has 0 bridgehead atoms. The van der Waals surface area contributed by atoms with Crippen molar-refractivity contribution in [2.45, 2.75) is 19.4 Å². The number of ether oxygens (including phenoxy) is 1. The zero-order valence-electron chi connectivity index (χ0n) is 13.7. The molecule has 0 aliphatic carbocycles. The minimum atomic E-state index is -0.460. The minimum absolute atomic E-state index is 0.0131. The molecule has 3 rings (SSSR count). The van der Waals surface area contributed by atoms with E-state index in [1.54, 1.807) is 12.1 Å². The number of nitro groups is 1. The summed E-state index contributed by atoms with van der Waals surface area (Å²) < 4.78 is 5.38. The molecular weight excluding hydrogens is 318 g/mol. The third-order valence-corrected chi connectivity index (χ3v) is 4.17. The van der Waals surface area contributed by atoms with Gasteiger partial charge in [-0.2, -0.15) is 0 Å². The molecule has 0 amide bonds. The standard InChI is InChI=1S/C20H17NO4/c1-14(18-8-4-6-16-5-2-3-7-19(16)18)20(22)25-13-15-9-11-17(12-10-15)21(23)24/h2-12,14H,13H2,1H3/t14-/m0/s1. The van der Waals surface area contributed by atoms with Crippen LogP contribution in [0, 0.1) is 10.1 Å². The van der Waals surface area contributed by atoms with Crippen LogP contribution in [0.5, 0.6) is 0 Å². The quantitative estimate of drug-likeness (QED) is 0.388. The Balaban J connectivity index is 1.71. The third-order valence-electron chi connectivity index (χ3n) is 4.17. The molecule has 0 saturated carbocycles. The molecule has 0 aliphatic rings. The van der Waals surface area contributed by atoms with E-state index in [1.165, 1.54) is 12.1 Å². The van der Waals surface area contributed by atoms with Gasteiger partial charge in [0.1, 0.15) is 6.61 Å². The topological polar surface area (TPSA) is 69.4 Å². The molecule has 0 aromatic heterocycles. The molecule has 0 heterocycles. The lowest BCUT2D eigenvalue weighted by atomic mass is 9.95. The summed E-state index contributed by atoms with van der Waals surface area (Å²) in [5.41, 5.74) is 1.65. The van der Waals surface area contributed by atoms with Crippen LogP contribution in [0.4, 0.5) is 5.69 Å². The van der Waals surface area contributed by atoms with E-state index in [9.17, 15) is 14.9 Å². The van der Waals surface area contributed by atoms with Crippen LogP contribution in [0.25, 0.3) is 10.8 Å². The highest BCUT2D eigenvalue weighted by atomic mass is 16.6. The number of benzene rings is 3. The number of nitrogens with zero attached hydrogens (tertiary/aromatic N) is 1. The Morgan fingerprint density at radius 3 is 2.44 bits per heavy atom. The van der Waals surface area contributed by atoms with Crippen LogP contribution in [-0.4, -0.2) is 10.9 Å². The van der Waals surface area contributed by atoms with E-state index in [1.807, 2.05) is 49.4 Å². The molecule has 25 heavy (non-hydrogen) atoms. The number of esters is 1. The Morgan fingerprint density at radius 2 is 1.72 bits per heavy atom. The van der Waals surface area contributed by atoms with E-state index < -0.39 is 10.8 Å². The largest absolute Gasteiger partial charge is 0.460 e. The molecule has 126 valence electrons. The maximum absolute atomic E-state index is 12.4. The molecule has 0 saturated heterocycles. The number of carbonyl (C=O) groups excluding carboxylic acids is 1. The second kappa shape index (κ2) is 7.13. The molecule has 5 nitrogen and oxygen atoms in total. The summed E-state index contributed by atoms with van der Waals surface area (Å²) in [6.07, 6.45) is 0. The van der Waals surface area contributed by atoms with Crippen LogP contribution >= 0.6 is 0 Å². The molecule has 0 unspecified atom stereocenters. The Labute approximate surface area is 145 Å². The average molecular weight is 335 g/mol. The number of nitro benzene ring substituents is 1. The van der Waals surface area contributed by atoms with Gasteiger partial charge in [-0.1, -0.05) is 42.5 Å². The predicted molar refractivity (Wildman–Crippen MR) is 95.3 cm³/mol. The molecule has 5 heteroatoms. The summed E-state index contributed by atoms with van der Waals surface area (Å²) in [5.74, 6) is -0.723.